The number of rotatable bonds is 6. The molecule has 0 radical (unpaired) electrons. The molecule has 2 rings (SSSR count). The molecule has 0 atom stereocenters. The fourth-order valence-electron chi connectivity index (χ4n) is 2.19. The Balaban J connectivity index is 1.73. The number of imidazole rings is 1. The summed E-state index contributed by atoms with van der Waals surface area (Å²) >= 11 is 0. The van der Waals surface area contributed by atoms with Crippen molar-refractivity contribution in [3.05, 3.63) is 53.6 Å². The smallest absolute Gasteiger partial charge is 0.105 e. The third kappa shape index (κ3) is 3.46. The molecule has 0 N–H and O–H groups in total. The number of aryl methyl sites for hydroxylation is 4. The molecule has 1 heterocycles. The quantitative estimate of drug-likeness (QED) is 0.705. The lowest BCUT2D eigenvalue weighted by Gasteiger charge is -2.05. The van der Waals surface area contributed by atoms with Gasteiger partial charge in [-0.25, -0.2) is 4.98 Å². The highest BCUT2D eigenvalue weighted by Crippen LogP contribution is 2.09. The van der Waals surface area contributed by atoms with E-state index in [9.17, 15) is 0 Å². The maximum atomic E-state index is 4.24. The predicted molar refractivity (Wildman–Crippen MR) is 75.7 cm³/mol. The van der Waals surface area contributed by atoms with Gasteiger partial charge >= 0.3 is 0 Å². The van der Waals surface area contributed by atoms with Crippen LogP contribution in [0.3, 0.4) is 0 Å². The van der Waals surface area contributed by atoms with Gasteiger partial charge in [0.25, 0.3) is 0 Å². The van der Waals surface area contributed by atoms with Crippen molar-refractivity contribution in [1.82, 2.24) is 9.55 Å². The normalized spacial score (nSPS) is 10.8. The van der Waals surface area contributed by atoms with Crippen LogP contribution in [0.15, 0.2) is 36.7 Å². The van der Waals surface area contributed by atoms with E-state index in [-0.39, 0.29) is 0 Å². The average Bonchev–Trinajstić information content (AvgIpc) is 2.81. The minimum atomic E-state index is 1.08. The summed E-state index contributed by atoms with van der Waals surface area (Å²) in [6.45, 7) is 5.34. The lowest BCUT2D eigenvalue weighted by atomic mass is 10.1. The van der Waals surface area contributed by atoms with Gasteiger partial charge in [0.05, 0.1) is 0 Å². The van der Waals surface area contributed by atoms with Crippen molar-refractivity contribution in [3.8, 4) is 0 Å². The molecule has 0 aliphatic heterocycles. The van der Waals surface area contributed by atoms with E-state index in [1.54, 1.807) is 0 Å². The molecule has 0 aliphatic carbocycles. The van der Waals surface area contributed by atoms with E-state index in [4.69, 9.17) is 0 Å². The second-order valence-electron chi connectivity index (χ2n) is 4.80. The van der Waals surface area contributed by atoms with Crippen molar-refractivity contribution >= 4 is 0 Å². The van der Waals surface area contributed by atoms with Gasteiger partial charge in [-0.1, -0.05) is 31.2 Å². The molecule has 18 heavy (non-hydrogen) atoms. The first-order chi connectivity index (χ1) is 8.79. The molecule has 0 aliphatic rings. The van der Waals surface area contributed by atoms with Crippen LogP contribution in [0.25, 0.3) is 0 Å². The maximum Gasteiger partial charge on any atom is 0.105 e. The Morgan fingerprint density at radius 3 is 2.39 bits per heavy atom. The average molecular weight is 242 g/mol. The summed E-state index contributed by atoms with van der Waals surface area (Å²) in [5, 5.41) is 0. The third-order valence-corrected chi connectivity index (χ3v) is 3.47. The highest BCUT2D eigenvalue weighted by atomic mass is 15.0. The number of benzene rings is 1. The summed E-state index contributed by atoms with van der Waals surface area (Å²) < 4.78 is 2.22. The molecule has 2 aromatic rings. The zero-order valence-electron chi connectivity index (χ0n) is 11.4. The van der Waals surface area contributed by atoms with Crippen molar-refractivity contribution in [3.63, 3.8) is 0 Å². The minimum absolute atomic E-state index is 1.08. The van der Waals surface area contributed by atoms with Gasteiger partial charge in [-0.15, -0.1) is 0 Å². The van der Waals surface area contributed by atoms with E-state index in [2.05, 4.69) is 53.9 Å². The Labute approximate surface area is 110 Å². The SMILES string of the molecule is CCc1ccc(CCCCn2ccnc2C)cc1. The van der Waals surface area contributed by atoms with Gasteiger partial charge in [0.2, 0.25) is 0 Å². The van der Waals surface area contributed by atoms with Crippen LogP contribution in [-0.4, -0.2) is 9.55 Å². The summed E-state index contributed by atoms with van der Waals surface area (Å²) in [6.07, 6.45) is 8.69. The molecular weight excluding hydrogens is 220 g/mol. The maximum absolute atomic E-state index is 4.24. The van der Waals surface area contributed by atoms with Gasteiger partial charge in [-0.3, -0.25) is 0 Å². The summed E-state index contributed by atoms with van der Waals surface area (Å²) in [7, 11) is 0. The molecule has 2 nitrogen and oxygen atoms in total. The van der Waals surface area contributed by atoms with Crippen molar-refractivity contribution in [2.45, 2.75) is 46.1 Å². The molecule has 0 saturated carbocycles. The monoisotopic (exact) mass is 242 g/mol. The molecule has 1 aromatic heterocycles. The van der Waals surface area contributed by atoms with Crippen LogP contribution >= 0.6 is 0 Å². The first-order valence-electron chi connectivity index (χ1n) is 6.85. The fraction of sp³-hybridized carbons (Fsp3) is 0.438. The molecule has 2 heteroatoms. The van der Waals surface area contributed by atoms with Crippen LogP contribution in [0.2, 0.25) is 0 Å². The topological polar surface area (TPSA) is 17.8 Å². The van der Waals surface area contributed by atoms with Crippen molar-refractivity contribution in [2.24, 2.45) is 0 Å². The van der Waals surface area contributed by atoms with Crippen LogP contribution in [0, 0.1) is 6.92 Å². The summed E-state index contributed by atoms with van der Waals surface area (Å²) in [5.41, 5.74) is 2.88. The number of nitrogens with zero attached hydrogens (tertiary/aromatic N) is 2. The third-order valence-electron chi connectivity index (χ3n) is 3.47. The van der Waals surface area contributed by atoms with Crippen LogP contribution < -0.4 is 0 Å². The molecule has 96 valence electrons. The molecule has 0 amide bonds. The van der Waals surface area contributed by atoms with Crippen molar-refractivity contribution in [1.29, 1.82) is 0 Å². The van der Waals surface area contributed by atoms with Gasteiger partial charge in [0, 0.05) is 18.9 Å². The second-order valence-corrected chi connectivity index (χ2v) is 4.80. The predicted octanol–water partition coefficient (Wildman–Crippen LogP) is 3.78. The molecular formula is C16H22N2. The minimum Gasteiger partial charge on any atom is -0.335 e. The first kappa shape index (κ1) is 12.9. The van der Waals surface area contributed by atoms with Gasteiger partial charge in [0.1, 0.15) is 5.82 Å². The van der Waals surface area contributed by atoms with E-state index in [0.29, 0.717) is 0 Å². The largest absolute Gasteiger partial charge is 0.335 e. The first-order valence-corrected chi connectivity index (χ1v) is 6.85. The molecule has 0 saturated heterocycles. The molecule has 1 aromatic carbocycles. The second kappa shape index (κ2) is 6.39. The molecule has 0 bridgehead atoms. The Kier molecular flexibility index (Phi) is 4.57. The zero-order valence-corrected chi connectivity index (χ0v) is 11.4. The number of aromatic nitrogens is 2. The van der Waals surface area contributed by atoms with Crippen molar-refractivity contribution in [2.75, 3.05) is 0 Å². The van der Waals surface area contributed by atoms with E-state index >= 15 is 0 Å². The lowest BCUT2D eigenvalue weighted by molar-refractivity contribution is 0.596. The zero-order chi connectivity index (χ0) is 12.8. The Morgan fingerprint density at radius 1 is 1.06 bits per heavy atom. The van der Waals surface area contributed by atoms with Gasteiger partial charge in [0.15, 0.2) is 0 Å². The fourth-order valence-corrected chi connectivity index (χ4v) is 2.19. The number of hydrogen-bond donors (Lipinski definition) is 0. The Bertz CT molecular complexity index is 468. The number of unbranched alkanes of at least 4 members (excludes halogenated alkanes) is 1. The van der Waals surface area contributed by atoms with E-state index in [1.807, 2.05) is 6.20 Å². The highest BCUT2D eigenvalue weighted by Gasteiger charge is 1.97. The summed E-state index contributed by atoms with van der Waals surface area (Å²) in [4.78, 5) is 4.24. The van der Waals surface area contributed by atoms with Crippen molar-refractivity contribution < 1.29 is 0 Å². The number of hydrogen-bond acceptors (Lipinski definition) is 1. The Hall–Kier alpha value is -1.57. The standard InChI is InChI=1S/C16H22N2/c1-3-15-7-9-16(10-8-15)6-4-5-12-18-13-11-17-14(18)2/h7-11,13H,3-6,12H2,1-2H3. The van der Waals surface area contributed by atoms with Gasteiger partial charge in [-0.05, 0) is 43.7 Å². The van der Waals surface area contributed by atoms with Crippen LogP contribution in [0.1, 0.15) is 36.7 Å². The van der Waals surface area contributed by atoms with E-state index < -0.39 is 0 Å². The molecule has 0 unspecified atom stereocenters. The highest BCUT2D eigenvalue weighted by molar-refractivity contribution is 5.22. The van der Waals surface area contributed by atoms with E-state index in [1.165, 1.54) is 30.4 Å². The van der Waals surface area contributed by atoms with E-state index in [0.717, 1.165) is 18.8 Å². The lowest BCUT2D eigenvalue weighted by Crippen LogP contribution is -1.99. The van der Waals surface area contributed by atoms with Crippen LogP contribution in [0.5, 0.6) is 0 Å². The summed E-state index contributed by atoms with van der Waals surface area (Å²) in [6, 6.07) is 9.02. The molecule has 0 fully saturated rings. The van der Waals surface area contributed by atoms with Crippen LogP contribution in [-0.2, 0) is 19.4 Å². The van der Waals surface area contributed by atoms with Crippen LogP contribution in [0.4, 0.5) is 0 Å². The summed E-state index contributed by atoms with van der Waals surface area (Å²) in [5.74, 6) is 1.11. The van der Waals surface area contributed by atoms with Gasteiger partial charge in [-0.2, -0.15) is 0 Å². The molecule has 0 spiro atoms. The Morgan fingerprint density at radius 2 is 1.78 bits per heavy atom. The van der Waals surface area contributed by atoms with Gasteiger partial charge < -0.3 is 4.57 Å².